The molecule has 0 aliphatic rings. The number of nitrogens with one attached hydrogen (secondary N) is 3. The van der Waals surface area contributed by atoms with Crippen molar-refractivity contribution < 1.29 is 19.5 Å². The van der Waals surface area contributed by atoms with Gasteiger partial charge in [0.15, 0.2) is 0 Å². The van der Waals surface area contributed by atoms with E-state index in [2.05, 4.69) is 16.0 Å². The van der Waals surface area contributed by atoms with E-state index in [0.29, 0.717) is 12.1 Å². The molecule has 0 bridgehead atoms. The molecule has 0 fully saturated rings. The molecule has 3 atom stereocenters. The molecule has 0 aliphatic heterocycles. The highest BCUT2D eigenvalue weighted by Gasteiger charge is 2.28. The van der Waals surface area contributed by atoms with Gasteiger partial charge in [-0.2, -0.15) is 0 Å². The Morgan fingerprint density at radius 2 is 1.64 bits per heavy atom. The van der Waals surface area contributed by atoms with E-state index in [9.17, 15) is 19.5 Å². The molecule has 0 saturated heterocycles. The van der Waals surface area contributed by atoms with Crippen LogP contribution in [0.5, 0.6) is 0 Å². The molecular formula is C20H32N4O4. The Labute approximate surface area is 166 Å². The first-order valence-corrected chi connectivity index (χ1v) is 9.48. The van der Waals surface area contributed by atoms with Crippen molar-refractivity contribution in [2.45, 2.75) is 52.3 Å². The first-order valence-electron chi connectivity index (χ1n) is 9.48. The fraction of sp³-hybridized carbons (Fsp3) is 0.550. The summed E-state index contributed by atoms with van der Waals surface area (Å²) in [5.41, 5.74) is 5.69. The van der Waals surface area contributed by atoms with Crippen LogP contribution in [-0.2, 0) is 14.4 Å². The summed E-state index contributed by atoms with van der Waals surface area (Å²) in [6, 6.07) is 7.63. The normalized spacial score (nSPS) is 14.4. The van der Waals surface area contributed by atoms with Gasteiger partial charge in [0.25, 0.3) is 0 Å². The Morgan fingerprint density at radius 3 is 2.14 bits per heavy atom. The van der Waals surface area contributed by atoms with Crippen LogP contribution in [0.15, 0.2) is 30.3 Å². The number of aliphatic hydroxyl groups excluding tert-OH is 1. The lowest BCUT2D eigenvalue weighted by molar-refractivity contribution is -0.130. The standard InChI is InChI=1S/C20H32N4O4/c1-12(2)10-15(19(27)23-14-8-6-5-7-9-14)24-20(28)17(13(3)4)22-11-16(25)18(21)26/h5-9,12-13,15-17,22,25H,10-11H2,1-4H3,(H2,21,26)(H,23,27)(H,24,28)/t15-,16?,17-/m0/s1. The number of aliphatic hydroxyl groups is 1. The zero-order valence-corrected chi connectivity index (χ0v) is 16.9. The minimum Gasteiger partial charge on any atom is -0.382 e. The van der Waals surface area contributed by atoms with Crippen LogP contribution >= 0.6 is 0 Å². The Kier molecular flexibility index (Phi) is 9.61. The number of benzene rings is 1. The number of nitrogens with two attached hydrogens (primary N) is 1. The molecule has 0 aromatic heterocycles. The van der Waals surface area contributed by atoms with Crippen molar-refractivity contribution in [3.8, 4) is 0 Å². The summed E-state index contributed by atoms with van der Waals surface area (Å²) in [4.78, 5) is 36.4. The molecule has 1 rings (SSSR count). The first kappa shape index (κ1) is 23.6. The zero-order chi connectivity index (χ0) is 21.3. The summed E-state index contributed by atoms with van der Waals surface area (Å²) >= 11 is 0. The third kappa shape index (κ3) is 8.06. The quantitative estimate of drug-likeness (QED) is 0.376. The van der Waals surface area contributed by atoms with Crippen LogP contribution in [0.25, 0.3) is 0 Å². The van der Waals surface area contributed by atoms with Crippen LogP contribution in [0.2, 0.25) is 0 Å². The van der Waals surface area contributed by atoms with Gasteiger partial charge < -0.3 is 26.8 Å². The minimum atomic E-state index is -1.39. The number of carbonyl (C=O) groups excluding carboxylic acids is 3. The summed E-state index contributed by atoms with van der Waals surface area (Å²) in [6.45, 7) is 7.45. The third-order valence-corrected chi connectivity index (χ3v) is 4.19. The van der Waals surface area contributed by atoms with Gasteiger partial charge in [-0.1, -0.05) is 45.9 Å². The monoisotopic (exact) mass is 392 g/mol. The predicted octanol–water partition coefficient (Wildman–Crippen LogP) is 0.616. The van der Waals surface area contributed by atoms with Crippen molar-refractivity contribution in [3.05, 3.63) is 30.3 Å². The average molecular weight is 393 g/mol. The van der Waals surface area contributed by atoms with Crippen LogP contribution in [-0.4, -0.2) is 47.6 Å². The largest absolute Gasteiger partial charge is 0.382 e. The summed E-state index contributed by atoms with van der Waals surface area (Å²) in [5.74, 6) is -1.48. The number of para-hydroxylation sites is 1. The van der Waals surface area contributed by atoms with Gasteiger partial charge in [0, 0.05) is 12.2 Å². The van der Waals surface area contributed by atoms with Gasteiger partial charge in [-0.05, 0) is 30.4 Å². The number of amides is 3. The van der Waals surface area contributed by atoms with Gasteiger partial charge in [0.2, 0.25) is 17.7 Å². The predicted molar refractivity (Wildman–Crippen MR) is 108 cm³/mol. The van der Waals surface area contributed by atoms with Crippen molar-refractivity contribution >= 4 is 23.4 Å². The fourth-order valence-electron chi connectivity index (χ4n) is 2.69. The topological polar surface area (TPSA) is 134 Å². The van der Waals surface area contributed by atoms with E-state index >= 15 is 0 Å². The van der Waals surface area contributed by atoms with Crippen LogP contribution < -0.4 is 21.7 Å². The number of hydrogen-bond acceptors (Lipinski definition) is 5. The van der Waals surface area contributed by atoms with Gasteiger partial charge in [-0.3, -0.25) is 14.4 Å². The molecule has 156 valence electrons. The lowest BCUT2D eigenvalue weighted by Gasteiger charge is -2.26. The maximum atomic E-state index is 12.8. The molecule has 0 heterocycles. The molecule has 1 unspecified atom stereocenters. The van der Waals surface area contributed by atoms with E-state index in [4.69, 9.17) is 5.73 Å². The fourth-order valence-corrected chi connectivity index (χ4v) is 2.69. The number of primary amides is 1. The molecule has 0 radical (unpaired) electrons. The van der Waals surface area contributed by atoms with Crippen molar-refractivity contribution in [1.82, 2.24) is 10.6 Å². The average Bonchev–Trinajstić information content (AvgIpc) is 2.61. The van der Waals surface area contributed by atoms with E-state index in [0.717, 1.165) is 0 Å². The first-order chi connectivity index (χ1) is 13.1. The van der Waals surface area contributed by atoms with Crippen LogP contribution in [0.4, 0.5) is 5.69 Å². The molecule has 6 N–H and O–H groups in total. The molecule has 0 saturated carbocycles. The molecule has 0 aliphatic carbocycles. The van der Waals surface area contributed by atoms with Crippen molar-refractivity contribution in [3.63, 3.8) is 0 Å². The minimum absolute atomic E-state index is 0.128. The van der Waals surface area contributed by atoms with E-state index in [1.165, 1.54) is 0 Å². The maximum Gasteiger partial charge on any atom is 0.247 e. The SMILES string of the molecule is CC(C)C[C@H](NC(=O)[C@@H](NCC(O)C(N)=O)C(C)C)C(=O)Nc1ccccc1. The third-order valence-electron chi connectivity index (χ3n) is 4.19. The number of rotatable bonds is 11. The molecule has 8 heteroatoms. The summed E-state index contributed by atoms with van der Waals surface area (Å²) in [7, 11) is 0. The van der Waals surface area contributed by atoms with Crippen LogP contribution in [0, 0.1) is 11.8 Å². The second kappa shape index (κ2) is 11.4. The lowest BCUT2D eigenvalue weighted by atomic mass is 9.99. The summed E-state index contributed by atoms with van der Waals surface area (Å²) < 4.78 is 0. The number of anilines is 1. The molecule has 3 amide bonds. The highest BCUT2D eigenvalue weighted by Crippen LogP contribution is 2.11. The lowest BCUT2D eigenvalue weighted by Crippen LogP contribution is -2.55. The molecule has 0 spiro atoms. The maximum absolute atomic E-state index is 12.8. The Morgan fingerprint density at radius 1 is 1.04 bits per heavy atom. The van der Waals surface area contributed by atoms with Gasteiger partial charge >= 0.3 is 0 Å². The zero-order valence-electron chi connectivity index (χ0n) is 16.9. The van der Waals surface area contributed by atoms with Crippen molar-refractivity contribution in [2.75, 3.05) is 11.9 Å². The van der Waals surface area contributed by atoms with E-state index in [-0.39, 0.29) is 30.2 Å². The number of carbonyl (C=O) groups is 3. The van der Waals surface area contributed by atoms with Crippen molar-refractivity contribution in [1.29, 1.82) is 0 Å². The molecular weight excluding hydrogens is 360 g/mol. The second-order valence-electron chi connectivity index (χ2n) is 7.59. The van der Waals surface area contributed by atoms with Gasteiger partial charge in [0.1, 0.15) is 12.1 Å². The Hall–Kier alpha value is -2.45. The molecule has 1 aromatic rings. The molecule has 1 aromatic carbocycles. The Balaban J connectivity index is 2.82. The summed E-state index contributed by atoms with van der Waals surface area (Å²) in [5, 5.41) is 18.0. The Bertz CT molecular complexity index is 649. The van der Waals surface area contributed by atoms with E-state index < -0.39 is 24.1 Å². The second-order valence-corrected chi connectivity index (χ2v) is 7.59. The van der Waals surface area contributed by atoms with Gasteiger partial charge in [-0.25, -0.2) is 0 Å². The molecule has 8 nitrogen and oxygen atoms in total. The van der Waals surface area contributed by atoms with Crippen LogP contribution in [0.3, 0.4) is 0 Å². The van der Waals surface area contributed by atoms with Crippen molar-refractivity contribution in [2.24, 2.45) is 17.6 Å². The smallest absolute Gasteiger partial charge is 0.247 e. The van der Waals surface area contributed by atoms with Gasteiger partial charge in [-0.15, -0.1) is 0 Å². The highest BCUT2D eigenvalue weighted by atomic mass is 16.3. The number of hydrogen-bond donors (Lipinski definition) is 5. The van der Waals surface area contributed by atoms with E-state index in [1.807, 2.05) is 45.9 Å². The van der Waals surface area contributed by atoms with Crippen LogP contribution in [0.1, 0.15) is 34.1 Å². The van der Waals surface area contributed by atoms with Gasteiger partial charge in [0.05, 0.1) is 6.04 Å². The highest BCUT2D eigenvalue weighted by molar-refractivity contribution is 5.97. The molecule has 28 heavy (non-hydrogen) atoms. The van der Waals surface area contributed by atoms with E-state index in [1.54, 1.807) is 12.1 Å². The summed E-state index contributed by atoms with van der Waals surface area (Å²) in [6.07, 6.45) is -0.916.